The molecule has 0 radical (unpaired) electrons. The molecule has 0 saturated carbocycles. The Morgan fingerprint density at radius 1 is 1.35 bits per heavy atom. The van der Waals surface area contributed by atoms with Crippen LogP contribution < -0.4 is 16.4 Å². The fourth-order valence-electron chi connectivity index (χ4n) is 1.84. The second kappa shape index (κ2) is 7.39. The first kappa shape index (κ1) is 16.5. The highest BCUT2D eigenvalue weighted by molar-refractivity contribution is 5.97. The van der Waals surface area contributed by atoms with Crippen LogP contribution in [-0.4, -0.2) is 33.5 Å². The maximum atomic E-state index is 12.1. The molecule has 8 heteroatoms. The number of nitrogen functional groups attached to an aromatic ring is 1. The zero-order valence-corrected chi connectivity index (χ0v) is 13.1. The standard InChI is InChI=1S/C15H20N6O2/c1-9(2)13(22)18-11-5-3-4-10(8-11)14(23)17-7-6-12-19-15(16)21-20-12/h3-5,8-9H,6-7H2,1-2H3,(H,17,23)(H,18,22)(H3,16,19,20,21). The number of rotatable bonds is 6. The molecule has 2 rings (SSSR count). The van der Waals surface area contributed by atoms with Gasteiger partial charge < -0.3 is 16.4 Å². The summed E-state index contributed by atoms with van der Waals surface area (Å²) in [6, 6.07) is 6.80. The molecule has 0 bridgehead atoms. The molecule has 2 aromatic rings. The van der Waals surface area contributed by atoms with Crippen molar-refractivity contribution in [1.29, 1.82) is 0 Å². The predicted molar refractivity (Wildman–Crippen MR) is 86.7 cm³/mol. The fraction of sp³-hybridized carbons (Fsp3) is 0.333. The van der Waals surface area contributed by atoms with E-state index in [-0.39, 0.29) is 23.7 Å². The molecule has 0 fully saturated rings. The molecule has 0 spiro atoms. The summed E-state index contributed by atoms with van der Waals surface area (Å²) in [6.07, 6.45) is 0.500. The number of nitrogens with one attached hydrogen (secondary N) is 3. The average Bonchev–Trinajstić information content (AvgIpc) is 2.92. The first-order valence-electron chi connectivity index (χ1n) is 7.31. The smallest absolute Gasteiger partial charge is 0.251 e. The summed E-state index contributed by atoms with van der Waals surface area (Å²) in [7, 11) is 0. The van der Waals surface area contributed by atoms with E-state index < -0.39 is 0 Å². The monoisotopic (exact) mass is 316 g/mol. The van der Waals surface area contributed by atoms with Crippen LogP contribution in [0, 0.1) is 5.92 Å². The molecule has 0 aliphatic carbocycles. The molecule has 0 aliphatic heterocycles. The summed E-state index contributed by atoms with van der Waals surface area (Å²) >= 11 is 0. The summed E-state index contributed by atoms with van der Waals surface area (Å²) in [5, 5.41) is 11.9. The van der Waals surface area contributed by atoms with Crippen LogP contribution in [0.25, 0.3) is 0 Å². The van der Waals surface area contributed by atoms with Crippen molar-refractivity contribution in [2.75, 3.05) is 17.6 Å². The van der Waals surface area contributed by atoms with Crippen LogP contribution in [0.4, 0.5) is 11.6 Å². The second-order valence-corrected chi connectivity index (χ2v) is 5.37. The van der Waals surface area contributed by atoms with Gasteiger partial charge in [-0.05, 0) is 18.2 Å². The molecule has 1 aromatic carbocycles. The summed E-state index contributed by atoms with van der Waals surface area (Å²) in [5.41, 5.74) is 6.48. The van der Waals surface area contributed by atoms with E-state index in [1.54, 1.807) is 24.3 Å². The molecule has 0 saturated heterocycles. The van der Waals surface area contributed by atoms with Gasteiger partial charge in [-0.1, -0.05) is 19.9 Å². The minimum Gasteiger partial charge on any atom is -0.367 e. The Morgan fingerprint density at radius 3 is 2.78 bits per heavy atom. The predicted octanol–water partition coefficient (Wildman–Crippen LogP) is 0.954. The number of carbonyl (C=O) groups excluding carboxylic acids is 2. The Kier molecular flexibility index (Phi) is 5.29. The number of hydrogen-bond acceptors (Lipinski definition) is 5. The van der Waals surface area contributed by atoms with E-state index in [9.17, 15) is 9.59 Å². The minimum absolute atomic E-state index is 0.0922. The molecule has 5 N–H and O–H groups in total. The van der Waals surface area contributed by atoms with Gasteiger partial charge in [0.05, 0.1) is 0 Å². The number of nitrogens with two attached hydrogens (primary N) is 1. The number of nitrogens with zero attached hydrogens (tertiary/aromatic N) is 2. The third kappa shape index (κ3) is 4.80. The number of amides is 2. The molecule has 1 aromatic heterocycles. The molecule has 0 aliphatic rings. The quantitative estimate of drug-likeness (QED) is 0.631. The van der Waals surface area contributed by atoms with Crippen LogP contribution in [-0.2, 0) is 11.2 Å². The lowest BCUT2D eigenvalue weighted by Crippen LogP contribution is -2.26. The van der Waals surface area contributed by atoms with Gasteiger partial charge in [-0.2, -0.15) is 4.98 Å². The van der Waals surface area contributed by atoms with Crippen LogP contribution in [0.1, 0.15) is 30.0 Å². The van der Waals surface area contributed by atoms with Crippen molar-refractivity contribution in [2.24, 2.45) is 5.92 Å². The van der Waals surface area contributed by atoms with Gasteiger partial charge in [-0.3, -0.25) is 14.7 Å². The Bertz CT molecular complexity index is 695. The Morgan fingerprint density at radius 2 is 2.13 bits per heavy atom. The fourth-order valence-corrected chi connectivity index (χ4v) is 1.84. The van der Waals surface area contributed by atoms with E-state index >= 15 is 0 Å². The normalized spacial score (nSPS) is 10.6. The number of hydrogen-bond donors (Lipinski definition) is 4. The van der Waals surface area contributed by atoms with Crippen molar-refractivity contribution in [1.82, 2.24) is 20.5 Å². The highest BCUT2D eigenvalue weighted by atomic mass is 16.2. The third-order valence-electron chi connectivity index (χ3n) is 3.11. The third-order valence-corrected chi connectivity index (χ3v) is 3.11. The number of benzene rings is 1. The Labute approximate surface area is 133 Å². The van der Waals surface area contributed by atoms with E-state index in [4.69, 9.17) is 5.73 Å². The summed E-state index contributed by atoms with van der Waals surface area (Å²) in [4.78, 5) is 27.8. The molecular weight excluding hydrogens is 296 g/mol. The number of anilines is 2. The van der Waals surface area contributed by atoms with Crippen LogP contribution in [0.3, 0.4) is 0 Å². The largest absolute Gasteiger partial charge is 0.367 e. The number of aromatic nitrogens is 3. The minimum atomic E-state index is -0.224. The SMILES string of the molecule is CC(C)C(=O)Nc1cccc(C(=O)NCCc2nc(N)n[nH]2)c1. The van der Waals surface area contributed by atoms with Crippen LogP contribution in [0.15, 0.2) is 24.3 Å². The lowest BCUT2D eigenvalue weighted by atomic mass is 10.1. The molecule has 0 atom stereocenters. The molecule has 2 amide bonds. The zero-order valence-electron chi connectivity index (χ0n) is 13.1. The first-order valence-corrected chi connectivity index (χ1v) is 7.31. The summed E-state index contributed by atoms with van der Waals surface area (Å²) in [5.74, 6) is 0.353. The second-order valence-electron chi connectivity index (χ2n) is 5.37. The number of H-pyrrole nitrogens is 1. The van der Waals surface area contributed by atoms with Crippen molar-refractivity contribution in [2.45, 2.75) is 20.3 Å². The van der Waals surface area contributed by atoms with Gasteiger partial charge in [0, 0.05) is 30.1 Å². The summed E-state index contributed by atoms with van der Waals surface area (Å²) in [6.45, 7) is 4.01. The van der Waals surface area contributed by atoms with E-state index in [2.05, 4.69) is 25.8 Å². The maximum Gasteiger partial charge on any atom is 0.251 e. The van der Waals surface area contributed by atoms with Crippen LogP contribution in [0.5, 0.6) is 0 Å². The van der Waals surface area contributed by atoms with Crippen molar-refractivity contribution >= 4 is 23.5 Å². The zero-order chi connectivity index (χ0) is 16.8. The van der Waals surface area contributed by atoms with E-state index in [0.717, 1.165) is 0 Å². The molecule has 0 unspecified atom stereocenters. The molecular formula is C15H20N6O2. The lowest BCUT2D eigenvalue weighted by molar-refractivity contribution is -0.118. The van der Waals surface area contributed by atoms with Crippen molar-refractivity contribution in [3.05, 3.63) is 35.7 Å². The number of aromatic amines is 1. The topological polar surface area (TPSA) is 126 Å². The van der Waals surface area contributed by atoms with Gasteiger partial charge in [0.2, 0.25) is 11.9 Å². The van der Waals surface area contributed by atoms with Gasteiger partial charge in [-0.25, -0.2) is 0 Å². The highest BCUT2D eigenvalue weighted by Gasteiger charge is 2.10. The van der Waals surface area contributed by atoms with Gasteiger partial charge in [-0.15, -0.1) is 5.10 Å². The van der Waals surface area contributed by atoms with Crippen molar-refractivity contribution in [3.63, 3.8) is 0 Å². The van der Waals surface area contributed by atoms with Gasteiger partial charge in [0.25, 0.3) is 5.91 Å². The molecule has 1 heterocycles. The van der Waals surface area contributed by atoms with E-state index in [1.807, 2.05) is 13.8 Å². The molecule has 8 nitrogen and oxygen atoms in total. The van der Waals surface area contributed by atoms with Gasteiger partial charge in [0.15, 0.2) is 0 Å². The van der Waals surface area contributed by atoms with Crippen LogP contribution in [0.2, 0.25) is 0 Å². The number of carbonyl (C=O) groups is 2. The first-order chi connectivity index (χ1) is 11.0. The Balaban J connectivity index is 1.90. The van der Waals surface area contributed by atoms with Crippen LogP contribution >= 0.6 is 0 Å². The Hall–Kier alpha value is -2.90. The highest BCUT2D eigenvalue weighted by Crippen LogP contribution is 2.12. The van der Waals surface area contributed by atoms with E-state index in [0.29, 0.717) is 30.0 Å². The molecule has 122 valence electrons. The van der Waals surface area contributed by atoms with Crippen molar-refractivity contribution < 1.29 is 9.59 Å². The lowest BCUT2D eigenvalue weighted by Gasteiger charge is -2.09. The average molecular weight is 316 g/mol. The van der Waals surface area contributed by atoms with Crippen molar-refractivity contribution in [3.8, 4) is 0 Å². The maximum absolute atomic E-state index is 12.1. The van der Waals surface area contributed by atoms with Gasteiger partial charge in [0.1, 0.15) is 5.82 Å². The summed E-state index contributed by atoms with van der Waals surface area (Å²) < 4.78 is 0. The van der Waals surface area contributed by atoms with E-state index in [1.165, 1.54) is 0 Å². The van der Waals surface area contributed by atoms with Gasteiger partial charge >= 0.3 is 0 Å². The molecule has 23 heavy (non-hydrogen) atoms.